The summed E-state index contributed by atoms with van der Waals surface area (Å²) in [6.45, 7) is 4.04. The molecule has 1 N–H and O–H groups in total. The molecule has 2 rings (SSSR count). The van der Waals surface area contributed by atoms with Crippen molar-refractivity contribution in [1.29, 1.82) is 0 Å². The van der Waals surface area contributed by atoms with Crippen LogP contribution in [0.4, 0.5) is 18.9 Å². The number of halogens is 4. The van der Waals surface area contributed by atoms with Gasteiger partial charge in [0, 0.05) is 5.25 Å². The molecule has 0 aromatic heterocycles. The fourth-order valence-electron chi connectivity index (χ4n) is 1.98. The SMILES string of the molecule is CC1CC(C)SC(Nc2cc(C(F)(F)F)ccc2Cl)=N1. The van der Waals surface area contributed by atoms with Crippen molar-refractivity contribution in [1.82, 2.24) is 0 Å². The zero-order chi connectivity index (χ0) is 14.9. The second-order valence-corrected chi connectivity index (χ2v) is 6.60. The van der Waals surface area contributed by atoms with Crippen molar-refractivity contribution in [2.24, 2.45) is 4.99 Å². The van der Waals surface area contributed by atoms with Crippen LogP contribution in [0.1, 0.15) is 25.8 Å². The molecule has 0 saturated heterocycles. The lowest BCUT2D eigenvalue weighted by Crippen LogP contribution is -2.23. The van der Waals surface area contributed by atoms with Gasteiger partial charge in [-0.1, -0.05) is 30.3 Å². The summed E-state index contributed by atoms with van der Waals surface area (Å²) in [5.41, 5.74) is -0.499. The van der Waals surface area contributed by atoms with Crippen LogP contribution < -0.4 is 5.32 Å². The molecule has 1 heterocycles. The monoisotopic (exact) mass is 322 g/mol. The summed E-state index contributed by atoms with van der Waals surface area (Å²) in [4.78, 5) is 4.39. The Morgan fingerprint density at radius 2 is 2.05 bits per heavy atom. The number of thioether (sulfide) groups is 1. The molecular formula is C13H14ClF3N2S. The molecule has 20 heavy (non-hydrogen) atoms. The number of benzene rings is 1. The van der Waals surface area contributed by atoms with Crippen molar-refractivity contribution in [3.05, 3.63) is 28.8 Å². The number of amidine groups is 1. The molecule has 7 heteroatoms. The second-order valence-electron chi connectivity index (χ2n) is 4.76. The third-order valence-corrected chi connectivity index (χ3v) is 4.21. The highest BCUT2D eigenvalue weighted by molar-refractivity contribution is 8.14. The van der Waals surface area contributed by atoms with Crippen molar-refractivity contribution >= 4 is 34.2 Å². The van der Waals surface area contributed by atoms with E-state index >= 15 is 0 Å². The van der Waals surface area contributed by atoms with Gasteiger partial charge in [0.25, 0.3) is 0 Å². The lowest BCUT2D eigenvalue weighted by atomic mass is 10.2. The number of hydrogen-bond acceptors (Lipinski definition) is 3. The van der Waals surface area contributed by atoms with Crippen LogP contribution in [-0.4, -0.2) is 16.5 Å². The van der Waals surface area contributed by atoms with Gasteiger partial charge in [0.15, 0.2) is 5.17 Å². The maximum absolute atomic E-state index is 12.7. The summed E-state index contributed by atoms with van der Waals surface area (Å²) in [6.07, 6.45) is -3.44. The van der Waals surface area contributed by atoms with E-state index in [0.29, 0.717) is 10.4 Å². The highest BCUT2D eigenvalue weighted by atomic mass is 35.5. The molecule has 2 atom stereocenters. The normalized spacial score (nSPS) is 23.4. The van der Waals surface area contributed by atoms with Crippen LogP contribution in [0.3, 0.4) is 0 Å². The molecule has 0 aliphatic carbocycles. The van der Waals surface area contributed by atoms with Gasteiger partial charge in [0.2, 0.25) is 0 Å². The molecule has 0 amide bonds. The Bertz CT molecular complexity index is 531. The lowest BCUT2D eigenvalue weighted by Gasteiger charge is -2.23. The average Bonchev–Trinajstić information content (AvgIpc) is 2.29. The number of hydrogen-bond donors (Lipinski definition) is 1. The van der Waals surface area contributed by atoms with Crippen molar-refractivity contribution in [2.75, 3.05) is 5.32 Å². The Morgan fingerprint density at radius 1 is 1.35 bits per heavy atom. The summed E-state index contributed by atoms with van der Waals surface area (Å²) < 4.78 is 38.1. The highest BCUT2D eigenvalue weighted by Crippen LogP contribution is 2.35. The molecule has 0 spiro atoms. The van der Waals surface area contributed by atoms with Crippen molar-refractivity contribution in [3.8, 4) is 0 Å². The van der Waals surface area contributed by atoms with Gasteiger partial charge in [0.1, 0.15) is 0 Å². The van der Waals surface area contributed by atoms with Crippen LogP contribution in [0, 0.1) is 0 Å². The lowest BCUT2D eigenvalue weighted by molar-refractivity contribution is -0.137. The van der Waals surface area contributed by atoms with Crippen molar-refractivity contribution < 1.29 is 13.2 Å². The van der Waals surface area contributed by atoms with Gasteiger partial charge >= 0.3 is 6.18 Å². The molecule has 0 fully saturated rings. The Labute approximate surface area is 124 Å². The van der Waals surface area contributed by atoms with Gasteiger partial charge in [-0.2, -0.15) is 13.2 Å². The second kappa shape index (κ2) is 5.85. The minimum atomic E-state index is -4.39. The molecule has 2 nitrogen and oxygen atoms in total. The molecule has 1 aliphatic rings. The molecule has 1 aliphatic heterocycles. The van der Waals surface area contributed by atoms with Crippen LogP contribution in [0.2, 0.25) is 5.02 Å². The van der Waals surface area contributed by atoms with Crippen LogP contribution in [0.25, 0.3) is 0 Å². The predicted octanol–water partition coefficient (Wildman–Crippen LogP) is 5.04. The van der Waals surface area contributed by atoms with Gasteiger partial charge < -0.3 is 5.32 Å². The Morgan fingerprint density at radius 3 is 2.65 bits per heavy atom. The van der Waals surface area contributed by atoms with Gasteiger partial charge in [-0.15, -0.1) is 0 Å². The fourth-order valence-corrected chi connectivity index (χ4v) is 3.31. The minimum Gasteiger partial charge on any atom is -0.334 e. The fraction of sp³-hybridized carbons (Fsp3) is 0.462. The van der Waals surface area contributed by atoms with Crippen LogP contribution in [0.15, 0.2) is 23.2 Å². The van der Waals surface area contributed by atoms with E-state index < -0.39 is 11.7 Å². The molecule has 110 valence electrons. The van der Waals surface area contributed by atoms with Gasteiger partial charge in [-0.25, -0.2) is 0 Å². The average molecular weight is 323 g/mol. The largest absolute Gasteiger partial charge is 0.416 e. The van der Waals surface area contributed by atoms with Gasteiger partial charge in [-0.05, 0) is 31.5 Å². The summed E-state index contributed by atoms with van der Waals surface area (Å²) in [6, 6.07) is 3.37. The zero-order valence-corrected chi connectivity index (χ0v) is 12.5. The Kier molecular flexibility index (Phi) is 4.54. The molecule has 1 aromatic rings. The number of aliphatic imine (C=N–C) groups is 1. The molecule has 0 radical (unpaired) electrons. The third kappa shape index (κ3) is 3.82. The minimum absolute atomic E-state index is 0.151. The van der Waals surface area contributed by atoms with E-state index in [1.54, 1.807) is 0 Å². The topological polar surface area (TPSA) is 24.4 Å². The Balaban J connectivity index is 2.25. The van der Waals surface area contributed by atoms with E-state index in [2.05, 4.69) is 17.2 Å². The van der Waals surface area contributed by atoms with E-state index in [4.69, 9.17) is 11.6 Å². The third-order valence-electron chi connectivity index (χ3n) is 2.86. The number of nitrogens with one attached hydrogen (secondary N) is 1. The molecule has 1 aromatic carbocycles. The molecule has 0 bridgehead atoms. The van der Waals surface area contributed by atoms with Gasteiger partial charge in [0.05, 0.1) is 22.3 Å². The number of nitrogens with zero attached hydrogens (tertiary/aromatic N) is 1. The first-order valence-electron chi connectivity index (χ1n) is 6.14. The first-order chi connectivity index (χ1) is 9.25. The van der Waals surface area contributed by atoms with E-state index in [-0.39, 0.29) is 16.8 Å². The molecule has 2 unspecified atom stereocenters. The summed E-state index contributed by atoms with van der Waals surface area (Å²) in [5.74, 6) is 0. The standard InChI is InChI=1S/C13H14ClF3N2S/c1-7-5-8(2)20-12(18-7)19-11-6-9(13(15,16)17)3-4-10(11)14/h3-4,6-8H,5H2,1-2H3,(H,18,19). The van der Waals surface area contributed by atoms with E-state index in [1.807, 2.05) is 6.92 Å². The summed E-state index contributed by atoms with van der Waals surface area (Å²) in [5, 5.41) is 4.12. The summed E-state index contributed by atoms with van der Waals surface area (Å²) in [7, 11) is 0. The smallest absolute Gasteiger partial charge is 0.334 e. The van der Waals surface area contributed by atoms with E-state index in [0.717, 1.165) is 18.6 Å². The maximum Gasteiger partial charge on any atom is 0.416 e. The van der Waals surface area contributed by atoms with Gasteiger partial charge in [-0.3, -0.25) is 4.99 Å². The molecule has 0 saturated carbocycles. The first kappa shape index (κ1) is 15.5. The predicted molar refractivity (Wildman–Crippen MR) is 78.6 cm³/mol. The highest BCUT2D eigenvalue weighted by Gasteiger charge is 2.31. The first-order valence-corrected chi connectivity index (χ1v) is 7.39. The number of rotatable bonds is 1. The van der Waals surface area contributed by atoms with E-state index in [1.165, 1.54) is 17.8 Å². The van der Waals surface area contributed by atoms with E-state index in [9.17, 15) is 13.2 Å². The number of alkyl halides is 3. The van der Waals surface area contributed by atoms with Crippen molar-refractivity contribution in [2.45, 2.75) is 37.7 Å². The quantitative estimate of drug-likeness (QED) is 0.783. The van der Waals surface area contributed by atoms with Crippen LogP contribution in [0.5, 0.6) is 0 Å². The number of anilines is 1. The molecular weight excluding hydrogens is 309 g/mol. The summed E-state index contributed by atoms with van der Waals surface area (Å²) >= 11 is 7.45. The van der Waals surface area contributed by atoms with Crippen LogP contribution in [-0.2, 0) is 6.18 Å². The Hall–Kier alpha value is -0.880. The van der Waals surface area contributed by atoms with Crippen molar-refractivity contribution in [3.63, 3.8) is 0 Å². The maximum atomic E-state index is 12.7. The zero-order valence-electron chi connectivity index (χ0n) is 11.0. The van der Waals surface area contributed by atoms with Crippen LogP contribution >= 0.6 is 23.4 Å².